The van der Waals surface area contributed by atoms with Gasteiger partial charge in [-0.1, -0.05) is 199 Å². The number of hydrogen-bond acceptors (Lipinski definition) is 1. The second-order valence-corrected chi connectivity index (χ2v) is 17.1. The molecule has 0 amide bonds. The van der Waals surface area contributed by atoms with Gasteiger partial charge in [-0.25, -0.2) is 0 Å². The lowest BCUT2D eigenvalue weighted by atomic mass is 9.70. The molecule has 1 atom stereocenters. The molecule has 10 aromatic rings. The highest BCUT2D eigenvalue weighted by molar-refractivity contribution is 7.19. The predicted octanol–water partition coefficient (Wildman–Crippen LogP) is 15.7. The third-order valence-electron chi connectivity index (χ3n) is 12.9. The lowest BCUT2D eigenvalue weighted by Gasteiger charge is -2.30. The van der Waals surface area contributed by atoms with Crippen molar-refractivity contribution in [1.82, 2.24) is 0 Å². The highest BCUT2D eigenvalue weighted by Crippen LogP contribution is 2.66. The van der Waals surface area contributed by atoms with Crippen molar-refractivity contribution in [3.63, 3.8) is 0 Å². The second-order valence-electron chi connectivity index (χ2n) is 16.1. The topological polar surface area (TPSA) is 0 Å². The zero-order valence-electron chi connectivity index (χ0n) is 32.4. The van der Waals surface area contributed by atoms with Crippen LogP contribution in [0.1, 0.15) is 33.4 Å². The van der Waals surface area contributed by atoms with E-state index in [1.54, 1.807) is 0 Å². The monoisotopic (exact) mass is 754 g/mol. The fourth-order valence-electron chi connectivity index (χ4n) is 10.3. The Hall–Kier alpha value is -6.80. The van der Waals surface area contributed by atoms with Crippen molar-refractivity contribution < 1.29 is 0 Å². The summed E-state index contributed by atoms with van der Waals surface area (Å²) in [6.45, 7) is 4.31. The number of rotatable bonds is 4. The summed E-state index contributed by atoms with van der Waals surface area (Å²) < 4.78 is 0. The third kappa shape index (κ3) is 4.63. The summed E-state index contributed by atoms with van der Waals surface area (Å²) in [5, 5.41) is 5.09. The van der Waals surface area contributed by atoms with Gasteiger partial charge >= 0.3 is 0 Å². The fourth-order valence-corrected chi connectivity index (χ4v) is 11.6. The first-order chi connectivity index (χ1) is 28.6. The minimum absolute atomic E-state index is 0.419. The van der Waals surface area contributed by atoms with E-state index in [9.17, 15) is 0 Å². The zero-order chi connectivity index (χ0) is 38.5. The minimum atomic E-state index is -0.419. The summed E-state index contributed by atoms with van der Waals surface area (Å²) >= 11 is 1.94. The smallest absolute Gasteiger partial charge is 0.0734 e. The van der Waals surface area contributed by atoms with Gasteiger partial charge in [0.1, 0.15) is 0 Å². The highest BCUT2D eigenvalue weighted by atomic mass is 32.1. The molecular weight excluding hydrogens is 717 g/mol. The van der Waals surface area contributed by atoms with E-state index in [1.807, 2.05) is 11.3 Å². The van der Waals surface area contributed by atoms with E-state index in [4.69, 9.17) is 0 Å². The van der Waals surface area contributed by atoms with Gasteiger partial charge < -0.3 is 0 Å². The van der Waals surface area contributed by atoms with Gasteiger partial charge in [0, 0.05) is 9.75 Å². The van der Waals surface area contributed by atoms with Gasteiger partial charge in [-0.2, -0.15) is 0 Å². The van der Waals surface area contributed by atoms with Crippen molar-refractivity contribution in [2.75, 3.05) is 0 Å². The SMILES string of the molecule is Cc1ccc(-c2ccc(-c3c4ccccc4c(-c4cccc5c4-c4ccccc4C54c5ccccc5-c5sc(-c6ccc(C)cc6)cc54)c4ccccc34)cc2)cc1. The van der Waals surface area contributed by atoms with E-state index < -0.39 is 5.41 Å². The van der Waals surface area contributed by atoms with Crippen LogP contribution in [0, 0.1) is 13.8 Å². The molecule has 0 saturated heterocycles. The molecule has 0 bridgehead atoms. The van der Waals surface area contributed by atoms with Crippen LogP contribution >= 0.6 is 11.3 Å². The van der Waals surface area contributed by atoms with E-state index in [-0.39, 0.29) is 0 Å². The quantitative estimate of drug-likeness (QED) is 0.157. The molecule has 2 aliphatic carbocycles. The molecule has 1 aromatic heterocycles. The Morgan fingerprint density at radius 3 is 1.40 bits per heavy atom. The first kappa shape index (κ1) is 33.4. The van der Waals surface area contributed by atoms with Crippen LogP contribution in [-0.2, 0) is 5.41 Å². The molecule has 0 N–H and O–H groups in total. The predicted molar refractivity (Wildman–Crippen MR) is 247 cm³/mol. The molecular formula is C57H38S. The van der Waals surface area contributed by atoms with Gasteiger partial charge in [-0.15, -0.1) is 11.3 Å². The summed E-state index contributed by atoms with van der Waals surface area (Å²) in [6, 6.07) is 73.2. The van der Waals surface area contributed by atoms with Crippen LogP contribution in [0.2, 0.25) is 0 Å². The molecule has 58 heavy (non-hydrogen) atoms. The van der Waals surface area contributed by atoms with Gasteiger partial charge in [-0.3, -0.25) is 0 Å². The Bertz CT molecular complexity index is 3210. The summed E-state index contributed by atoms with van der Waals surface area (Å²) in [4.78, 5) is 2.70. The molecule has 1 unspecified atom stereocenters. The molecule has 2 aliphatic rings. The maximum Gasteiger partial charge on any atom is 0.0734 e. The fraction of sp³-hybridized carbons (Fsp3) is 0.0526. The Morgan fingerprint density at radius 1 is 0.328 bits per heavy atom. The van der Waals surface area contributed by atoms with Crippen LogP contribution < -0.4 is 0 Å². The Morgan fingerprint density at radius 2 is 0.776 bits per heavy atom. The van der Waals surface area contributed by atoms with Gasteiger partial charge in [0.25, 0.3) is 0 Å². The zero-order valence-corrected chi connectivity index (χ0v) is 33.2. The number of thiophene rings is 1. The molecule has 0 saturated carbocycles. The van der Waals surface area contributed by atoms with E-state index in [0.29, 0.717) is 0 Å². The van der Waals surface area contributed by atoms with Gasteiger partial charge in [0.05, 0.1) is 5.41 Å². The van der Waals surface area contributed by atoms with E-state index in [0.717, 1.165) is 0 Å². The molecule has 1 spiro atoms. The van der Waals surface area contributed by atoms with Crippen molar-refractivity contribution in [2.24, 2.45) is 0 Å². The molecule has 0 fully saturated rings. The van der Waals surface area contributed by atoms with E-state index in [2.05, 4.69) is 208 Å². The Labute approximate surface area is 343 Å². The first-order valence-corrected chi connectivity index (χ1v) is 21.1. The molecule has 0 aliphatic heterocycles. The molecule has 272 valence electrons. The van der Waals surface area contributed by atoms with Crippen molar-refractivity contribution in [3.05, 3.63) is 228 Å². The van der Waals surface area contributed by atoms with Gasteiger partial charge in [0.15, 0.2) is 0 Å². The average Bonchev–Trinajstić information content (AvgIpc) is 3.93. The first-order valence-electron chi connectivity index (χ1n) is 20.3. The second kappa shape index (κ2) is 12.6. The van der Waals surface area contributed by atoms with Crippen LogP contribution in [0.5, 0.6) is 0 Å². The molecule has 9 aromatic carbocycles. The number of benzene rings is 9. The van der Waals surface area contributed by atoms with E-state index >= 15 is 0 Å². The highest BCUT2D eigenvalue weighted by Gasteiger charge is 2.53. The normalized spacial score (nSPS) is 14.8. The Balaban J connectivity index is 1.12. The number of fused-ring (bicyclic) bond motifs is 12. The third-order valence-corrected chi connectivity index (χ3v) is 14.1. The van der Waals surface area contributed by atoms with E-state index in [1.165, 1.54) is 120 Å². The summed E-state index contributed by atoms with van der Waals surface area (Å²) in [7, 11) is 0. The summed E-state index contributed by atoms with van der Waals surface area (Å²) in [5.41, 5.74) is 20.5. The molecule has 12 rings (SSSR count). The molecule has 0 nitrogen and oxygen atoms in total. The van der Waals surface area contributed by atoms with Gasteiger partial charge in [0.2, 0.25) is 0 Å². The maximum absolute atomic E-state index is 2.51. The lowest BCUT2D eigenvalue weighted by molar-refractivity contribution is 0.796. The van der Waals surface area contributed by atoms with Crippen molar-refractivity contribution >= 4 is 32.9 Å². The van der Waals surface area contributed by atoms with Crippen molar-refractivity contribution in [1.29, 1.82) is 0 Å². The lowest BCUT2D eigenvalue weighted by Crippen LogP contribution is -2.25. The maximum atomic E-state index is 2.51. The largest absolute Gasteiger partial charge is 0.135 e. The van der Waals surface area contributed by atoms with Crippen molar-refractivity contribution in [2.45, 2.75) is 19.3 Å². The standard InChI is InChI=1S/C57H38S/c1-35-22-26-37(27-23-35)38-30-32-40(33-31-38)53-41-12-3-5-14-43(41)54(44-15-6-4-13-42(44)53)47-18-11-21-50-55(47)45-16-7-9-19-48(45)57(50)49-20-10-8-17-46(49)56-51(57)34-52(58-56)39-28-24-36(2)25-29-39/h3-34H,1-2H3. The summed E-state index contributed by atoms with van der Waals surface area (Å²) in [5.74, 6) is 0. The van der Waals surface area contributed by atoms with Crippen LogP contribution in [0.25, 0.3) is 86.9 Å². The van der Waals surface area contributed by atoms with Crippen LogP contribution in [0.4, 0.5) is 0 Å². The average molecular weight is 755 g/mol. The van der Waals surface area contributed by atoms with Crippen LogP contribution in [0.3, 0.4) is 0 Å². The molecule has 1 heteroatoms. The van der Waals surface area contributed by atoms with Gasteiger partial charge in [-0.05, 0) is 119 Å². The minimum Gasteiger partial charge on any atom is -0.135 e. The van der Waals surface area contributed by atoms with Crippen LogP contribution in [-0.4, -0.2) is 0 Å². The Kier molecular flexibility index (Phi) is 7.25. The van der Waals surface area contributed by atoms with Crippen LogP contribution in [0.15, 0.2) is 194 Å². The summed E-state index contributed by atoms with van der Waals surface area (Å²) in [6.07, 6.45) is 0. The number of hydrogen-bond donors (Lipinski definition) is 0. The van der Waals surface area contributed by atoms with Crippen molar-refractivity contribution in [3.8, 4) is 65.4 Å². The molecule has 1 heterocycles. The molecule has 0 radical (unpaired) electrons. The number of aryl methyl sites for hydroxylation is 2.